The molecule has 2 aliphatic rings. The lowest BCUT2D eigenvalue weighted by Crippen LogP contribution is -2.42. The van der Waals surface area contributed by atoms with Crippen molar-refractivity contribution in [3.05, 3.63) is 102 Å². The number of hydrogen-bond donors (Lipinski definition) is 1. The lowest BCUT2D eigenvalue weighted by Gasteiger charge is -2.29. The number of hydrogen-bond acceptors (Lipinski definition) is 4. The summed E-state index contributed by atoms with van der Waals surface area (Å²) in [5.74, 6) is -0.369. The predicted octanol–water partition coefficient (Wildman–Crippen LogP) is 2.90. The number of ketones is 1. The zero-order chi connectivity index (χ0) is 20.4. The minimum Gasteiger partial charge on any atom is -0.340 e. The van der Waals surface area contributed by atoms with E-state index in [0.717, 1.165) is 15.7 Å². The van der Waals surface area contributed by atoms with Gasteiger partial charge in [-0.05, 0) is 17.7 Å². The van der Waals surface area contributed by atoms with Crippen LogP contribution in [0.3, 0.4) is 0 Å². The molecule has 0 saturated heterocycles. The van der Waals surface area contributed by atoms with Gasteiger partial charge in [0.05, 0.1) is 11.3 Å². The van der Waals surface area contributed by atoms with Crippen LogP contribution in [0.1, 0.15) is 33.0 Å². The zero-order valence-corrected chi connectivity index (χ0v) is 16.4. The molecule has 6 nitrogen and oxygen atoms in total. The Morgan fingerprint density at radius 3 is 2.38 bits per heavy atom. The number of Topliss-reactive ketones (excluding diaryl/α,β-unsaturated/α-hetero) is 1. The molecule has 29 heavy (non-hydrogen) atoms. The molecule has 5 rings (SSSR count). The third-order valence-corrected chi connectivity index (χ3v) is 5.89. The van der Waals surface area contributed by atoms with Gasteiger partial charge in [0, 0.05) is 41.7 Å². The first kappa shape index (κ1) is 17.7. The number of anilines is 1. The number of nitrogens with zero attached hydrogens (tertiary/aromatic N) is 2. The molecule has 7 heteroatoms. The van der Waals surface area contributed by atoms with Crippen LogP contribution >= 0.6 is 11.6 Å². The predicted molar refractivity (Wildman–Crippen MR) is 112 cm³/mol. The average Bonchev–Trinajstić information content (AvgIpc) is 3.01. The van der Waals surface area contributed by atoms with Crippen molar-refractivity contribution in [1.29, 1.82) is 0 Å². The van der Waals surface area contributed by atoms with Gasteiger partial charge in [0.1, 0.15) is 5.82 Å². The molecule has 1 aliphatic carbocycles. The average molecular weight is 406 g/mol. The van der Waals surface area contributed by atoms with Gasteiger partial charge in [-0.25, -0.2) is 4.79 Å². The highest BCUT2D eigenvalue weighted by Crippen LogP contribution is 2.47. The normalized spacial score (nSPS) is 16.9. The van der Waals surface area contributed by atoms with Gasteiger partial charge in [0.15, 0.2) is 5.78 Å². The summed E-state index contributed by atoms with van der Waals surface area (Å²) in [6, 6.07) is 14.4. The topological polar surface area (TPSA) is 73.1 Å². The molecule has 0 spiro atoms. The lowest BCUT2D eigenvalue weighted by atomic mass is 9.81. The third kappa shape index (κ3) is 2.32. The molecular weight excluding hydrogens is 390 g/mol. The highest BCUT2D eigenvalue weighted by Gasteiger charge is 2.42. The summed E-state index contributed by atoms with van der Waals surface area (Å²) >= 11 is 6.23. The van der Waals surface area contributed by atoms with Crippen LogP contribution in [0.5, 0.6) is 0 Å². The number of allylic oxidation sites excluding steroid dienone is 1. The van der Waals surface area contributed by atoms with Gasteiger partial charge in [-0.15, -0.1) is 0 Å². The number of carbonyl (C=O) groups excluding carboxylic acids is 1. The SMILES string of the molecule is Cn1c2c(c(=O)n(C)c1=O)C(c1cccc(Cl)c1)C1=C(N2)c2ccccc2C1=O. The third-order valence-electron chi connectivity index (χ3n) is 5.66. The Labute approximate surface area is 170 Å². The van der Waals surface area contributed by atoms with Crippen LogP contribution in [0.25, 0.3) is 5.70 Å². The van der Waals surface area contributed by atoms with Crippen molar-refractivity contribution in [1.82, 2.24) is 9.13 Å². The number of carbonyl (C=O) groups is 1. The van der Waals surface area contributed by atoms with E-state index in [9.17, 15) is 14.4 Å². The van der Waals surface area contributed by atoms with E-state index in [4.69, 9.17) is 11.6 Å². The van der Waals surface area contributed by atoms with Gasteiger partial charge >= 0.3 is 5.69 Å². The van der Waals surface area contributed by atoms with E-state index in [1.165, 1.54) is 11.6 Å². The van der Waals surface area contributed by atoms with Crippen molar-refractivity contribution in [2.24, 2.45) is 14.1 Å². The molecule has 0 amide bonds. The number of benzene rings is 2. The zero-order valence-electron chi connectivity index (χ0n) is 15.7. The van der Waals surface area contributed by atoms with E-state index in [-0.39, 0.29) is 5.78 Å². The second-order valence-electron chi connectivity index (χ2n) is 7.24. The Balaban J connectivity index is 1.90. The van der Waals surface area contributed by atoms with Gasteiger partial charge in [-0.2, -0.15) is 0 Å². The second-order valence-corrected chi connectivity index (χ2v) is 7.68. The van der Waals surface area contributed by atoms with Crippen molar-refractivity contribution < 1.29 is 4.79 Å². The molecule has 2 aromatic carbocycles. The first-order valence-electron chi connectivity index (χ1n) is 9.10. The van der Waals surface area contributed by atoms with Crippen LogP contribution in [-0.2, 0) is 14.1 Å². The number of fused-ring (bicyclic) bond motifs is 3. The van der Waals surface area contributed by atoms with Crippen LogP contribution in [0, 0.1) is 0 Å². The summed E-state index contributed by atoms with van der Waals surface area (Å²) in [6.07, 6.45) is 0. The maximum Gasteiger partial charge on any atom is 0.332 e. The van der Waals surface area contributed by atoms with Crippen molar-refractivity contribution in [2.75, 3.05) is 5.32 Å². The molecule has 0 bridgehead atoms. The molecule has 1 aromatic heterocycles. The Bertz CT molecular complexity index is 1380. The fourth-order valence-corrected chi connectivity index (χ4v) is 4.48. The molecule has 1 N–H and O–H groups in total. The molecule has 0 radical (unpaired) electrons. The lowest BCUT2D eigenvalue weighted by molar-refractivity contribution is 0.103. The van der Waals surface area contributed by atoms with Crippen LogP contribution in [0.15, 0.2) is 63.7 Å². The molecule has 0 saturated carbocycles. The second kappa shape index (κ2) is 6.06. The van der Waals surface area contributed by atoms with Crippen LogP contribution in [-0.4, -0.2) is 14.9 Å². The minimum atomic E-state index is -0.634. The summed E-state index contributed by atoms with van der Waals surface area (Å²) in [5, 5.41) is 3.72. The quantitative estimate of drug-likeness (QED) is 0.675. The highest BCUT2D eigenvalue weighted by molar-refractivity contribution is 6.30. The molecule has 0 fully saturated rings. The van der Waals surface area contributed by atoms with Gasteiger partial charge in [0.25, 0.3) is 5.56 Å². The van der Waals surface area contributed by atoms with Gasteiger partial charge in [-0.3, -0.25) is 18.7 Å². The molecule has 2 heterocycles. The summed E-state index contributed by atoms with van der Waals surface area (Å²) in [7, 11) is 3.05. The summed E-state index contributed by atoms with van der Waals surface area (Å²) in [6.45, 7) is 0. The molecule has 1 aliphatic heterocycles. The van der Waals surface area contributed by atoms with Crippen LogP contribution < -0.4 is 16.6 Å². The molecule has 3 aromatic rings. The van der Waals surface area contributed by atoms with Crippen LogP contribution in [0.2, 0.25) is 5.02 Å². The smallest absolute Gasteiger partial charge is 0.332 e. The maximum atomic E-state index is 13.3. The molecule has 1 atom stereocenters. The Morgan fingerprint density at radius 1 is 0.931 bits per heavy atom. The monoisotopic (exact) mass is 405 g/mol. The van der Waals surface area contributed by atoms with E-state index in [1.54, 1.807) is 31.3 Å². The number of aromatic nitrogens is 2. The van der Waals surface area contributed by atoms with Crippen molar-refractivity contribution in [2.45, 2.75) is 5.92 Å². The van der Waals surface area contributed by atoms with Gasteiger partial charge in [-0.1, -0.05) is 48.0 Å². The largest absolute Gasteiger partial charge is 0.340 e. The van der Waals surface area contributed by atoms with Crippen molar-refractivity contribution in [3.63, 3.8) is 0 Å². The van der Waals surface area contributed by atoms with Gasteiger partial charge in [0.2, 0.25) is 0 Å². The molecule has 144 valence electrons. The Kier molecular flexibility index (Phi) is 3.70. The first-order valence-corrected chi connectivity index (χ1v) is 9.48. The first-order chi connectivity index (χ1) is 13.9. The highest BCUT2D eigenvalue weighted by atomic mass is 35.5. The standard InChI is InChI=1S/C22H16ClN3O3/c1-25-20-17(21(28)26(2)22(25)29)15(11-6-5-7-12(23)10-11)16-18(24-20)13-8-3-4-9-14(13)19(16)27/h3-10,15,24H,1-2H3. The molecular formula is C22H16ClN3O3. The maximum absolute atomic E-state index is 13.3. The number of nitrogens with one attached hydrogen (secondary N) is 1. The van der Waals surface area contributed by atoms with E-state index in [0.29, 0.717) is 33.2 Å². The van der Waals surface area contributed by atoms with Gasteiger partial charge < -0.3 is 5.32 Å². The number of rotatable bonds is 1. The van der Waals surface area contributed by atoms with E-state index in [1.807, 2.05) is 24.3 Å². The summed E-state index contributed by atoms with van der Waals surface area (Å²) in [5.41, 5.74) is 2.68. The van der Waals surface area contributed by atoms with E-state index < -0.39 is 17.2 Å². The summed E-state index contributed by atoms with van der Waals surface area (Å²) in [4.78, 5) is 39.1. The fraction of sp³-hybridized carbons (Fsp3) is 0.136. The summed E-state index contributed by atoms with van der Waals surface area (Å²) < 4.78 is 2.47. The number of halogens is 1. The Hall–Kier alpha value is -3.38. The van der Waals surface area contributed by atoms with E-state index in [2.05, 4.69) is 5.32 Å². The van der Waals surface area contributed by atoms with Crippen molar-refractivity contribution >= 4 is 28.9 Å². The Morgan fingerprint density at radius 2 is 1.66 bits per heavy atom. The van der Waals surface area contributed by atoms with Crippen LogP contribution in [0.4, 0.5) is 5.82 Å². The van der Waals surface area contributed by atoms with E-state index >= 15 is 0 Å². The minimum absolute atomic E-state index is 0.130. The molecule has 1 unspecified atom stereocenters. The fourth-order valence-electron chi connectivity index (χ4n) is 4.28. The van der Waals surface area contributed by atoms with Crippen molar-refractivity contribution in [3.8, 4) is 0 Å².